The normalized spacial score (nSPS) is 12.4. The van der Waals surface area contributed by atoms with Crippen molar-refractivity contribution in [2.24, 2.45) is 0 Å². The van der Waals surface area contributed by atoms with Crippen LogP contribution in [0.2, 0.25) is 0 Å². The summed E-state index contributed by atoms with van der Waals surface area (Å²) in [5.74, 6) is -2.02. The number of phenolic OH excluding ortho intramolecular Hbond substituents is 1. The average Bonchev–Trinajstić information content (AvgIpc) is 2.28. The maximum absolute atomic E-state index is 13.0. The lowest BCUT2D eigenvalue weighted by Crippen LogP contribution is -2.35. The first kappa shape index (κ1) is 13.4. The number of nitrogens with one attached hydrogen (secondary N) is 1. The van der Waals surface area contributed by atoms with Gasteiger partial charge in [-0.1, -0.05) is 19.4 Å². The number of phenols is 1. The Hall–Kier alpha value is -1.62. The van der Waals surface area contributed by atoms with Gasteiger partial charge in [-0.2, -0.15) is 0 Å². The van der Waals surface area contributed by atoms with E-state index in [1.54, 1.807) is 6.07 Å². The molecule has 0 aromatic heterocycles. The molecule has 0 bridgehead atoms. The molecule has 1 rings (SSSR count). The molecule has 5 heteroatoms. The van der Waals surface area contributed by atoms with E-state index in [1.165, 1.54) is 12.1 Å². The van der Waals surface area contributed by atoms with E-state index in [0.29, 0.717) is 12.0 Å². The quantitative estimate of drug-likeness (QED) is 0.711. The van der Waals surface area contributed by atoms with Crippen molar-refractivity contribution in [2.75, 3.05) is 0 Å². The molecule has 0 saturated heterocycles. The number of aliphatic carboxylic acids is 1. The van der Waals surface area contributed by atoms with Crippen LogP contribution in [0.15, 0.2) is 18.2 Å². The standard InChI is InChI=1S/C12H16FNO3/c1-2-3-10(12(16)17)14-7-8-4-5-11(15)9(13)6-8/h4-6,10,14-15H,2-3,7H2,1H3,(H,16,17). The number of hydrogen-bond acceptors (Lipinski definition) is 3. The molecule has 0 radical (unpaired) electrons. The van der Waals surface area contributed by atoms with Gasteiger partial charge in [-0.25, -0.2) is 4.39 Å². The van der Waals surface area contributed by atoms with Crippen LogP contribution < -0.4 is 5.32 Å². The predicted molar refractivity (Wildman–Crippen MR) is 61.2 cm³/mol. The van der Waals surface area contributed by atoms with Gasteiger partial charge < -0.3 is 15.5 Å². The third-order valence-electron chi connectivity index (χ3n) is 2.44. The molecule has 0 aliphatic carbocycles. The van der Waals surface area contributed by atoms with Gasteiger partial charge in [-0.15, -0.1) is 0 Å². The van der Waals surface area contributed by atoms with Gasteiger partial charge in [0.05, 0.1) is 0 Å². The van der Waals surface area contributed by atoms with Gasteiger partial charge in [0.25, 0.3) is 0 Å². The summed E-state index contributed by atoms with van der Waals surface area (Å²) < 4.78 is 13.0. The zero-order valence-electron chi connectivity index (χ0n) is 9.61. The minimum Gasteiger partial charge on any atom is -0.505 e. The van der Waals surface area contributed by atoms with Crippen molar-refractivity contribution >= 4 is 5.97 Å². The second-order valence-corrected chi connectivity index (χ2v) is 3.85. The summed E-state index contributed by atoms with van der Waals surface area (Å²) in [5, 5.41) is 20.7. The van der Waals surface area contributed by atoms with E-state index >= 15 is 0 Å². The van der Waals surface area contributed by atoms with Crippen molar-refractivity contribution in [3.05, 3.63) is 29.6 Å². The fraction of sp³-hybridized carbons (Fsp3) is 0.417. The zero-order chi connectivity index (χ0) is 12.8. The summed E-state index contributed by atoms with van der Waals surface area (Å²) in [6.45, 7) is 2.16. The van der Waals surface area contributed by atoms with Crippen molar-refractivity contribution < 1.29 is 19.4 Å². The average molecular weight is 241 g/mol. The molecule has 1 atom stereocenters. The molecule has 3 N–H and O–H groups in total. The molecular formula is C12H16FNO3. The van der Waals surface area contributed by atoms with Gasteiger partial charge in [0.2, 0.25) is 0 Å². The molecule has 0 saturated carbocycles. The minimum atomic E-state index is -0.911. The van der Waals surface area contributed by atoms with Crippen LogP contribution in [0, 0.1) is 5.82 Å². The van der Waals surface area contributed by atoms with Gasteiger partial charge >= 0.3 is 5.97 Å². The van der Waals surface area contributed by atoms with Crippen LogP contribution in [-0.4, -0.2) is 22.2 Å². The van der Waals surface area contributed by atoms with Crippen LogP contribution in [0.25, 0.3) is 0 Å². The maximum atomic E-state index is 13.0. The van der Waals surface area contributed by atoms with E-state index in [9.17, 15) is 9.18 Å². The maximum Gasteiger partial charge on any atom is 0.320 e. The third-order valence-corrected chi connectivity index (χ3v) is 2.44. The lowest BCUT2D eigenvalue weighted by Gasteiger charge is -2.13. The number of carboxylic acids is 1. The second kappa shape index (κ2) is 6.20. The van der Waals surface area contributed by atoms with Crippen molar-refractivity contribution in [1.29, 1.82) is 0 Å². The predicted octanol–water partition coefficient (Wildman–Crippen LogP) is 1.87. The molecule has 1 aromatic rings. The summed E-state index contributed by atoms with van der Waals surface area (Å²) in [7, 11) is 0. The molecule has 1 unspecified atom stereocenters. The highest BCUT2D eigenvalue weighted by atomic mass is 19.1. The Bertz CT molecular complexity index is 395. The number of rotatable bonds is 6. The fourth-order valence-electron chi connectivity index (χ4n) is 1.50. The Morgan fingerprint density at radius 3 is 2.76 bits per heavy atom. The summed E-state index contributed by atoms with van der Waals surface area (Å²) in [6, 6.07) is 3.36. The van der Waals surface area contributed by atoms with Crippen LogP contribution in [-0.2, 0) is 11.3 Å². The van der Waals surface area contributed by atoms with Crippen molar-refractivity contribution in [3.8, 4) is 5.75 Å². The van der Waals surface area contributed by atoms with Crippen molar-refractivity contribution in [1.82, 2.24) is 5.32 Å². The molecule has 4 nitrogen and oxygen atoms in total. The SMILES string of the molecule is CCCC(NCc1ccc(O)c(F)c1)C(=O)O. The summed E-state index contributed by atoms with van der Waals surface area (Å²) in [6.07, 6.45) is 1.28. The largest absolute Gasteiger partial charge is 0.505 e. The first-order chi connectivity index (χ1) is 8.04. The molecule has 17 heavy (non-hydrogen) atoms. The number of halogens is 1. The van der Waals surface area contributed by atoms with Crippen LogP contribution in [0.1, 0.15) is 25.3 Å². The number of aromatic hydroxyl groups is 1. The molecule has 0 spiro atoms. The number of carboxylic acid groups (broad SMARTS) is 1. The van der Waals surface area contributed by atoms with Gasteiger partial charge in [0.15, 0.2) is 11.6 Å². The van der Waals surface area contributed by atoms with Gasteiger partial charge in [-0.3, -0.25) is 4.79 Å². The highest BCUT2D eigenvalue weighted by molar-refractivity contribution is 5.73. The molecule has 94 valence electrons. The van der Waals surface area contributed by atoms with Crippen molar-refractivity contribution in [2.45, 2.75) is 32.4 Å². The number of hydrogen-bond donors (Lipinski definition) is 3. The van der Waals surface area contributed by atoms with E-state index in [-0.39, 0.29) is 6.54 Å². The topological polar surface area (TPSA) is 69.6 Å². The van der Waals surface area contributed by atoms with Gasteiger partial charge in [0, 0.05) is 6.54 Å². The Balaban J connectivity index is 2.59. The molecule has 0 fully saturated rings. The lowest BCUT2D eigenvalue weighted by atomic mass is 10.1. The van der Waals surface area contributed by atoms with Crippen LogP contribution in [0.3, 0.4) is 0 Å². The summed E-state index contributed by atoms with van der Waals surface area (Å²) >= 11 is 0. The number of carbonyl (C=O) groups is 1. The summed E-state index contributed by atoms with van der Waals surface area (Å²) in [5.41, 5.74) is 0.600. The van der Waals surface area contributed by atoms with Gasteiger partial charge in [-0.05, 0) is 24.1 Å². The highest BCUT2D eigenvalue weighted by Gasteiger charge is 2.15. The van der Waals surface area contributed by atoms with Crippen molar-refractivity contribution in [3.63, 3.8) is 0 Å². The first-order valence-corrected chi connectivity index (χ1v) is 5.48. The highest BCUT2D eigenvalue weighted by Crippen LogP contribution is 2.16. The molecule has 0 aliphatic rings. The first-order valence-electron chi connectivity index (χ1n) is 5.48. The van der Waals surface area contributed by atoms with E-state index in [2.05, 4.69) is 5.32 Å². The second-order valence-electron chi connectivity index (χ2n) is 3.85. The lowest BCUT2D eigenvalue weighted by molar-refractivity contribution is -0.139. The molecular weight excluding hydrogens is 225 g/mol. The smallest absolute Gasteiger partial charge is 0.320 e. The minimum absolute atomic E-state index is 0.258. The monoisotopic (exact) mass is 241 g/mol. The Morgan fingerprint density at radius 2 is 2.24 bits per heavy atom. The zero-order valence-corrected chi connectivity index (χ0v) is 9.61. The Morgan fingerprint density at radius 1 is 1.53 bits per heavy atom. The van der Waals surface area contributed by atoms with E-state index in [4.69, 9.17) is 10.2 Å². The van der Waals surface area contributed by atoms with E-state index in [1.807, 2.05) is 6.92 Å². The van der Waals surface area contributed by atoms with Gasteiger partial charge in [0.1, 0.15) is 6.04 Å². The van der Waals surface area contributed by atoms with E-state index in [0.717, 1.165) is 6.42 Å². The number of benzene rings is 1. The van der Waals surface area contributed by atoms with Crippen LogP contribution >= 0.6 is 0 Å². The molecule has 0 amide bonds. The van der Waals surface area contributed by atoms with Crippen LogP contribution in [0.5, 0.6) is 5.75 Å². The Kier molecular flexibility index (Phi) is 4.90. The molecule has 0 heterocycles. The fourth-order valence-corrected chi connectivity index (χ4v) is 1.50. The Labute approximate surface area is 99.1 Å². The molecule has 0 aliphatic heterocycles. The molecule has 1 aromatic carbocycles. The van der Waals surface area contributed by atoms with E-state index < -0.39 is 23.6 Å². The third kappa shape index (κ3) is 4.03. The summed E-state index contributed by atoms with van der Waals surface area (Å²) in [4.78, 5) is 10.9. The van der Waals surface area contributed by atoms with Crippen LogP contribution in [0.4, 0.5) is 4.39 Å².